The average molecular weight is 477 g/mol. The van der Waals surface area contributed by atoms with Crippen molar-refractivity contribution >= 4 is 29.8 Å². The predicted molar refractivity (Wildman–Crippen MR) is 161 cm³/mol. The van der Waals surface area contributed by atoms with Gasteiger partial charge in [-0.25, -0.2) is 0 Å². The lowest BCUT2D eigenvalue weighted by Crippen LogP contribution is -2.24. The summed E-state index contributed by atoms with van der Waals surface area (Å²) in [7, 11) is 1.02. The Morgan fingerprint density at radius 1 is 0.568 bits per heavy atom. The largest absolute Gasteiger partial charge is 0.310 e. The molecule has 1 atom stereocenters. The Bertz CT molecular complexity index is 1600. The first-order valence-corrected chi connectivity index (χ1v) is 13.3. The van der Waals surface area contributed by atoms with Gasteiger partial charge in [0.25, 0.3) is 0 Å². The summed E-state index contributed by atoms with van der Waals surface area (Å²) in [6.07, 6.45) is 0. The van der Waals surface area contributed by atoms with Crippen molar-refractivity contribution in [1.82, 2.24) is 0 Å². The van der Waals surface area contributed by atoms with Crippen LogP contribution in [-0.2, 0) is 0 Å². The van der Waals surface area contributed by atoms with Gasteiger partial charge in [-0.15, -0.1) is 0 Å². The van der Waals surface area contributed by atoms with Crippen LogP contribution in [0.2, 0.25) is 6.82 Å². The van der Waals surface area contributed by atoms with Gasteiger partial charge in [0.1, 0.15) is 0 Å². The molecule has 37 heavy (non-hydrogen) atoms. The van der Waals surface area contributed by atoms with Crippen LogP contribution in [0.1, 0.15) is 39.3 Å². The van der Waals surface area contributed by atoms with Crippen molar-refractivity contribution in [3.63, 3.8) is 0 Å². The number of aryl methyl sites for hydroxylation is 3. The molecule has 0 spiro atoms. The zero-order valence-electron chi connectivity index (χ0n) is 22.1. The summed E-state index contributed by atoms with van der Waals surface area (Å²) in [5.41, 5.74) is 15.7. The van der Waals surface area contributed by atoms with Gasteiger partial charge in [0.2, 0.25) is 0 Å². The third kappa shape index (κ3) is 4.07. The van der Waals surface area contributed by atoms with E-state index in [1.54, 1.807) is 0 Å². The summed E-state index contributed by atoms with van der Waals surface area (Å²) in [5, 5.41) is 0. The number of fused-ring (bicyclic) bond motifs is 2. The number of nitrogens with zero attached hydrogens (tertiary/aromatic N) is 1. The number of rotatable bonds is 4. The maximum atomic E-state index is 2.46. The fraction of sp³-hybridized carbons (Fsp3) is 0.143. The minimum absolute atomic E-state index is 0.147. The standard InChI is InChI=1S/C35H32BN/c1-23-14-17-28(25(3)20-23)29-18-16-26(36-4)22-31(29)35-30-12-8-9-13-33(30)37(27-10-6-5-7-11-27)34-19-15-24(2)21-32(34)35/h5-22,35-36H,1-4H3. The number of hydrogen-bond acceptors (Lipinski definition) is 1. The number of anilines is 3. The van der Waals surface area contributed by atoms with Crippen molar-refractivity contribution in [2.45, 2.75) is 33.5 Å². The second-order valence-electron chi connectivity index (χ2n) is 10.3. The van der Waals surface area contributed by atoms with Crippen LogP contribution in [0.25, 0.3) is 11.1 Å². The molecule has 0 aliphatic carbocycles. The zero-order chi connectivity index (χ0) is 25.5. The van der Waals surface area contributed by atoms with E-state index in [9.17, 15) is 0 Å². The number of para-hydroxylation sites is 2. The molecule has 180 valence electrons. The van der Waals surface area contributed by atoms with Gasteiger partial charge in [-0.05, 0) is 78.4 Å². The molecule has 1 unspecified atom stereocenters. The van der Waals surface area contributed by atoms with Crippen LogP contribution in [0.4, 0.5) is 17.1 Å². The summed E-state index contributed by atoms with van der Waals surface area (Å²) in [6, 6.07) is 40.6. The maximum absolute atomic E-state index is 2.46. The van der Waals surface area contributed by atoms with Crippen LogP contribution in [0.3, 0.4) is 0 Å². The topological polar surface area (TPSA) is 3.24 Å². The van der Waals surface area contributed by atoms with Crippen LogP contribution in [0.5, 0.6) is 0 Å². The van der Waals surface area contributed by atoms with E-state index >= 15 is 0 Å². The van der Waals surface area contributed by atoms with Gasteiger partial charge in [-0.2, -0.15) is 0 Å². The lowest BCUT2D eigenvalue weighted by molar-refractivity contribution is 0.939. The summed E-state index contributed by atoms with van der Waals surface area (Å²) >= 11 is 0. The second kappa shape index (κ2) is 9.44. The highest BCUT2D eigenvalue weighted by atomic mass is 15.2. The lowest BCUT2D eigenvalue weighted by Gasteiger charge is -2.39. The minimum Gasteiger partial charge on any atom is -0.310 e. The van der Waals surface area contributed by atoms with Gasteiger partial charge in [0.05, 0.1) is 11.4 Å². The molecule has 5 aromatic rings. The quantitative estimate of drug-likeness (QED) is 0.231. The summed E-state index contributed by atoms with van der Waals surface area (Å²) in [4.78, 5) is 2.43. The van der Waals surface area contributed by atoms with Crippen LogP contribution < -0.4 is 10.4 Å². The molecule has 5 aromatic carbocycles. The molecule has 0 N–H and O–H groups in total. The Morgan fingerprint density at radius 3 is 2.03 bits per heavy atom. The zero-order valence-corrected chi connectivity index (χ0v) is 22.1. The Morgan fingerprint density at radius 2 is 1.24 bits per heavy atom. The Labute approximate surface area is 221 Å². The van der Waals surface area contributed by atoms with Crippen LogP contribution in [-0.4, -0.2) is 7.28 Å². The van der Waals surface area contributed by atoms with Crippen LogP contribution in [0, 0.1) is 20.8 Å². The molecule has 6 rings (SSSR count). The predicted octanol–water partition coefficient (Wildman–Crippen LogP) is 8.35. The van der Waals surface area contributed by atoms with Gasteiger partial charge in [0.15, 0.2) is 7.28 Å². The fourth-order valence-electron chi connectivity index (χ4n) is 5.96. The van der Waals surface area contributed by atoms with Gasteiger partial charge in [0, 0.05) is 11.6 Å². The first-order chi connectivity index (χ1) is 18.0. The van der Waals surface area contributed by atoms with Crippen molar-refractivity contribution < 1.29 is 0 Å². The Kier molecular flexibility index (Phi) is 5.97. The van der Waals surface area contributed by atoms with Crippen molar-refractivity contribution in [3.8, 4) is 11.1 Å². The number of benzene rings is 5. The van der Waals surface area contributed by atoms with E-state index in [0.29, 0.717) is 0 Å². The van der Waals surface area contributed by atoms with E-state index in [1.807, 2.05) is 0 Å². The van der Waals surface area contributed by atoms with E-state index in [0.717, 1.165) is 7.28 Å². The molecule has 0 saturated carbocycles. The van der Waals surface area contributed by atoms with Crippen molar-refractivity contribution in [2.75, 3.05) is 4.90 Å². The van der Waals surface area contributed by atoms with E-state index in [1.165, 1.54) is 67.0 Å². The highest BCUT2D eigenvalue weighted by Crippen LogP contribution is 2.52. The highest BCUT2D eigenvalue weighted by Gasteiger charge is 2.33. The molecule has 0 saturated heterocycles. The molecule has 0 amide bonds. The Balaban J connectivity index is 1.67. The first-order valence-electron chi connectivity index (χ1n) is 13.3. The molecule has 1 aliphatic rings. The molecule has 1 nitrogen and oxygen atoms in total. The molecule has 0 aromatic heterocycles. The van der Waals surface area contributed by atoms with Crippen molar-refractivity contribution in [1.29, 1.82) is 0 Å². The van der Waals surface area contributed by atoms with Crippen molar-refractivity contribution in [3.05, 3.63) is 143 Å². The van der Waals surface area contributed by atoms with Crippen LogP contribution >= 0.6 is 0 Å². The van der Waals surface area contributed by atoms with Crippen LogP contribution in [0.15, 0.2) is 109 Å². The molecule has 0 bridgehead atoms. The third-order valence-corrected chi connectivity index (χ3v) is 7.75. The summed E-state index contributed by atoms with van der Waals surface area (Å²) in [5.74, 6) is 0.147. The third-order valence-electron chi connectivity index (χ3n) is 7.75. The lowest BCUT2D eigenvalue weighted by atomic mass is 9.69. The van der Waals surface area contributed by atoms with Gasteiger partial charge < -0.3 is 4.90 Å². The van der Waals surface area contributed by atoms with Crippen molar-refractivity contribution in [2.24, 2.45) is 0 Å². The molecule has 0 radical (unpaired) electrons. The summed E-state index contributed by atoms with van der Waals surface area (Å²) in [6.45, 7) is 8.87. The summed E-state index contributed by atoms with van der Waals surface area (Å²) < 4.78 is 0. The van der Waals surface area contributed by atoms with E-state index < -0.39 is 0 Å². The highest BCUT2D eigenvalue weighted by molar-refractivity contribution is 6.52. The van der Waals surface area contributed by atoms with E-state index in [4.69, 9.17) is 0 Å². The smallest absolute Gasteiger partial charge is 0.154 e. The van der Waals surface area contributed by atoms with Gasteiger partial charge in [-0.1, -0.05) is 108 Å². The monoisotopic (exact) mass is 477 g/mol. The minimum atomic E-state index is 0.147. The first kappa shape index (κ1) is 23.4. The number of hydrogen-bond donors (Lipinski definition) is 0. The van der Waals surface area contributed by atoms with E-state index in [-0.39, 0.29) is 5.92 Å². The maximum Gasteiger partial charge on any atom is 0.154 e. The Hall–Kier alpha value is -4.04. The normalized spacial score (nSPS) is 14.2. The molecule has 1 heterocycles. The molecular weight excluding hydrogens is 445 g/mol. The molecule has 0 fully saturated rings. The molecule has 1 aliphatic heterocycles. The fourth-order valence-corrected chi connectivity index (χ4v) is 5.96. The van der Waals surface area contributed by atoms with Gasteiger partial charge in [-0.3, -0.25) is 0 Å². The average Bonchev–Trinajstić information content (AvgIpc) is 2.92. The second-order valence-corrected chi connectivity index (χ2v) is 10.3. The molecule has 2 heteroatoms. The molecular formula is C35H32BN. The van der Waals surface area contributed by atoms with Gasteiger partial charge >= 0.3 is 0 Å². The van der Waals surface area contributed by atoms with E-state index in [2.05, 4.69) is 142 Å². The SMILES string of the molecule is CBc1ccc(-c2ccc(C)cc2C)c(C2c3ccccc3N(c3ccccc3)c3ccc(C)cc32)c1.